The smallest absolute Gasteiger partial charge is 0.119 e. The summed E-state index contributed by atoms with van der Waals surface area (Å²) >= 11 is 1.78. The SMILES string of the molecule is CCCNC(Cc1cccc(OC)c1)c1cscc1C. The maximum Gasteiger partial charge on any atom is 0.119 e. The number of benzene rings is 1. The molecule has 20 heavy (non-hydrogen) atoms. The van der Waals surface area contributed by atoms with E-state index in [-0.39, 0.29) is 0 Å². The molecule has 2 aromatic rings. The first-order chi connectivity index (χ1) is 9.74. The van der Waals surface area contributed by atoms with Gasteiger partial charge in [0.15, 0.2) is 0 Å². The lowest BCUT2D eigenvalue weighted by molar-refractivity contribution is 0.413. The number of thiophene rings is 1. The van der Waals surface area contributed by atoms with Crippen molar-refractivity contribution in [2.24, 2.45) is 0 Å². The molecule has 2 rings (SSSR count). The molecule has 1 aromatic carbocycles. The van der Waals surface area contributed by atoms with Crippen molar-refractivity contribution >= 4 is 11.3 Å². The van der Waals surface area contributed by atoms with Crippen LogP contribution in [-0.4, -0.2) is 13.7 Å². The van der Waals surface area contributed by atoms with Gasteiger partial charge in [-0.05, 0) is 65.9 Å². The lowest BCUT2D eigenvalue weighted by Gasteiger charge is -2.19. The predicted molar refractivity (Wildman–Crippen MR) is 86.8 cm³/mol. The molecule has 0 saturated heterocycles. The summed E-state index contributed by atoms with van der Waals surface area (Å²) in [5.41, 5.74) is 4.11. The van der Waals surface area contributed by atoms with E-state index >= 15 is 0 Å². The first-order valence-electron chi connectivity index (χ1n) is 7.13. The average Bonchev–Trinajstić information content (AvgIpc) is 2.90. The van der Waals surface area contributed by atoms with Gasteiger partial charge in [0.25, 0.3) is 0 Å². The molecule has 2 nitrogen and oxygen atoms in total. The highest BCUT2D eigenvalue weighted by Gasteiger charge is 2.14. The van der Waals surface area contributed by atoms with Gasteiger partial charge in [-0.25, -0.2) is 0 Å². The molecule has 1 unspecified atom stereocenters. The predicted octanol–water partition coefficient (Wildman–Crippen LogP) is 4.35. The van der Waals surface area contributed by atoms with E-state index in [1.165, 1.54) is 16.7 Å². The van der Waals surface area contributed by atoms with Gasteiger partial charge in [-0.2, -0.15) is 11.3 Å². The minimum Gasteiger partial charge on any atom is -0.497 e. The van der Waals surface area contributed by atoms with Crippen LogP contribution in [0, 0.1) is 6.92 Å². The Bertz CT molecular complexity index is 535. The molecule has 0 saturated carbocycles. The van der Waals surface area contributed by atoms with Crippen LogP contribution in [0.2, 0.25) is 0 Å². The van der Waals surface area contributed by atoms with E-state index in [1.54, 1.807) is 18.4 Å². The van der Waals surface area contributed by atoms with Gasteiger partial charge in [0, 0.05) is 6.04 Å². The highest BCUT2D eigenvalue weighted by Crippen LogP contribution is 2.26. The van der Waals surface area contributed by atoms with E-state index in [0.717, 1.165) is 25.1 Å². The standard InChI is InChI=1S/C17H23NOS/c1-4-8-18-17(16-12-20-11-13(16)2)10-14-6-5-7-15(9-14)19-3/h5-7,9,11-12,17-18H,4,8,10H2,1-3H3. The van der Waals surface area contributed by atoms with Crippen molar-refractivity contribution in [1.82, 2.24) is 5.32 Å². The van der Waals surface area contributed by atoms with E-state index in [0.29, 0.717) is 6.04 Å². The fraction of sp³-hybridized carbons (Fsp3) is 0.412. The number of aryl methyl sites for hydroxylation is 1. The van der Waals surface area contributed by atoms with E-state index in [2.05, 4.69) is 48.1 Å². The summed E-state index contributed by atoms with van der Waals surface area (Å²) in [7, 11) is 1.72. The quantitative estimate of drug-likeness (QED) is 0.818. The van der Waals surface area contributed by atoms with Gasteiger partial charge in [0.05, 0.1) is 7.11 Å². The molecule has 0 spiro atoms. The summed E-state index contributed by atoms with van der Waals surface area (Å²) in [4.78, 5) is 0. The maximum absolute atomic E-state index is 5.31. The van der Waals surface area contributed by atoms with Crippen molar-refractivity contribution in [1.29, 1.82) is 0 Å². The van der Waals surface area contributed by atoms with Crippen LogP contribution in [0.25, 0.3) is 0 Å². The molecule has 0 aliphatic carbocycles. The number of hydrogen-bond acceptors (Lipinski definition) is 3. The average molecular weight is 289 g/mol. The van der Waals surface area contributed by atoms with Gasteiger partial charge in [-0.3, -0.25) is 0 Å². The van der Waals surface area contributed by atoms with Gasteiger partial charge in [0.2, 0.25) is 0 Å². The van der Waals surface area contributed by atoms with Crippen LogP contribution in [0.3, 0.4) is 0 Å². The molecule has 0 radical (unpaired) electrons. The van der Waals surface area contributed by atoms with Gasteiger partial charge in [-0.1, -0.05) is 19.1 Å². The molecule has 1 heterocycles. The van der Waals surface area contributed by atoms with E-state index in [1.807, 2.05) is 6.07 Å². The van der Waals surface area contributed by atoms with Gasteiger partial charge >= 0.3 is 0 Å². The van der Waals surface area contributed by atoms with Gasteiger partial charge in [0.1, 0.15) is 5.75 Å². The van der Waals surface area contributed by atoms with Crippen LogP contribution in [-0.2, 0) is 6.42 Å². The lowest BCUT2D eigenvalue weighted by Crippen LogP contribution is -2.24. The molecule has 0 fully saturated rings. The van der Waals surface area contributed by atoms with Gasteiger partial charge in [-0.15, -0.1) is 0 Å². The molecule has 1 N–H and O–H groups in total. The monoisotopic (exact) mass is 289 g/mol. The minimum absolute atomic E-state index is 0.383. The molecule has 3 heteroatoms. The summed E-state index contributed by atoms with van der Waals surface area (Å²) in [6, 6.07) is 8.74. The zero-order valence-corrected chi connectivity index (χ0v) is 13.3. The third-order valence-corrected chi connectivity index (χ3v) is 4.36. The first kappa shape index (κ1) is 15.1. The Hall–Kier alpha value is -1.32. The third-order valence-electron chi connectivity index (χ3n) is 3.49. The molecule has 0 bridgehead atoms. The summed E-state index contributed by atoms with van der Waals surface area (Å²) in [5, 5.41) is 8.15. The van der Waals surface area contributed by atoms with Crippen LogP contribution in [0.5, 0.6) is 5.75 Å². The van der Waals surface area contributed by atoms with Crippen molar-refractivity contribution in [2.75, 3.05) is 13.7 Å². The summed E-state index contributed by atoms with van der Waals surface area (Å²) in [6.45, 7) is 5.44. The highest BCUT2D eigenvalue weighted by atomic mass is 32.1. The summed E-state index contributed by atoms with van der Waals surface area (Å²) in [5.74, 6) is 0.929. The minimum atomic E-state index is 0.383. The molecule has 1 aromatic heterocycles. The van der Waals surface area contributed by atoms with Crippen LogP contribution in [0.15, 0.2) is 35.0 Å². The fourth-order valence-corrected chi connectivity index (χ4v) is 3.28. The number of hydrogen-bond donors (Lipinski definition) is 1. The van der Waals surface area contributed by atoms with Crippen LogP contribution >= 0.6 is 11.3 Å². The molecule has 1 atom stereocenters. The Morgan fingerprint density at radius 3 is 2.80 bits per heavy atom. The topological polar surface area (TPSA) is 21.3 Å². The second-order valence-corrected chi connectivity index (χ2v) is 5.82. The van der Waals surface area contributed by atoms with E-state index < -0.39 is 0 Å². The highest BCUT2D eigenvalue weighted by molar-refractivity contribution is 7.08. The maximum atomic E-state index is 5.31. The molecule has 0 aliphatic heterocycles. The zero-order chi connectivity index (χ0) is 14.4. The molecule has 0 aliphatic rings. The van der Waals surface area contributed by atoms with Crippen LogP contribution in [0.1, 0.15) is 36.1 Å². The Balaban J connectivity index is 2.17. The Morgan fingerprint density at radius 2 is 2.15 bits per heavy atom. The number of nitrogens with one attached hydrogen (secondary N) is 1. The first-order valence-corrected chi connectivity index (χ1v) is 8.08. The second-order valence-electron chi connectivity index (χ2n) is 5.07. The molecule has 108 valence electrons. The Kier molecular flexibility index (Phi) is 5.62. The second kappa shape index (κ2) is 7.46. The Morgan fingerprint density at radius 1 is 1.30 bits per heavy atom. The normalized spacial score (nSPS) is 12.3. The lowest BCUT2D eigenvalue weighted by atomic mass is 9.98. The van der Waals surface area contributed by atoms with Crippen molar-refractivity contribution in [2.45, 2.75) is 32.7 Å². The van der Waals surface area contributed by atoms with Crippen LogP contribution < -0.4 is 10.1 Å². The van der Waals surface area contributed by atoms with Gasteiger partial charge < -0.3 is 10.1 Å². The zero-order valence-electron chi connectivity index (χ0n) is 12.5. The van der Waals surface area contributed by atoms with Crippen molar-refractivity contribution in [3.05, 3.63) is 51.7 Å². The van der Waals surface area contributed by atoms with E-state index in [9.17, 15) is 0 Å². The number of ether oxygens (including phenoxy) is 1. The molecule has 0 amide bonds. The number of rotatable bonds is 7. The number of methoxy groups -OCH3 is 1. The summed E-state index contributed by atoms with van der Waals surface area (Å²) in [6.07, 6.45) is 2.15. The third kappa shape index (κ3) is 3.84. The summed E-state index contributed by atoms with van der Waals surface area (Å²) < 4.78 is 5.31. The largest absolute Gasteiger partial charge is 0.497 e. The van der Waals surface area contributed by atoms with Crippen molar-refractivity contribution in [3.8, 4) is 5.75 Å². The Labute approximate surface area is 125 Å². The van der Waals surface area contributed by atoms with E-state index in [4.69, 9.17) is 4.74 Å². The molecular formula is C17H23NOS. The fourth-order valence-electron chi connectivity index (χ4n) is 2.37. The molecular weight excluding hydrogens is 266 g/mol. The van der Waals surface area contributed by atoms with Crippen molar-refractivity contribution in [3.63, 3.8) is 0 Å². The van der Waals surface area contributed by atoms with Crippen LogP contribution in [0.4, 0.5) is 0 Å². The van der Waals surface area contributed by atoms with Crippen molar-refractivity contribution < 1.29 is 4.74 Å².